The number of hydrogen-bond acceptors (Lipinski definition) is 2. The van der Waals surface area contributed by atoms with Crippen LogP contribution in [0.1, 0.15) is 38.8 Å². The second-order valence-electron chi connectivity index (χ2n) is 5.39. The van der Waals surface area contributed by atoms with Crippen LogP contribution in [0.4, 0.5) is 0 Å². The first-order chi connectivity index (χ1) is 7.34. The zero-order chi connectivity index (χ0) is 12.3. The van der Waals surface area contributed by atoms with E-state index in [0.717, 1.165) is 5.75 Å². The molecule has 1 rings (SSSR count). The highest BCUT2D eigenvalue weighted by atomic mass is 16.5. The van der Waals surface area contributed by atoms with Gasteiger partial charge >= 0.3 is 0 Å². The van der Waals surface area contributed by atoms with Crippen LogP contribution in [0.3, 0.4) is 0 Å². The Morgan fingerprint density at radius 2 is 1.94 bits per heavy atom. The molecule has 0 amide bonds. The summed E-state index contributed by atoms with van der Waals surface area (Å²) < 4.78 is 5.74. The zero-order valence-corrected chi connectivity index (χ0v) is 11.0. The molecule has 1 aromatic rings. The Morgan fingerprint density at radius 3 is 2.38 bits per heavy atom. The molecule has 0 saturated heterocycles. The molecule has 90 valence electrons. The molecular weight excluding hydrogens is 198 g/mol. The Hall–Kier alpha value is -1.02. The minimum absolute atomic E-state index is 0.0687. The van der Waals surface area contributed by atoms with Crippen molar-refractivity contribution in [2.75, 3.05) is 6.54 Å². The Balaban J connectivity index is 2.92. The van der Waals surface area contributed by atoms with Gasteiger partial charge in [-0.1, -0.05) is 32.9 Å². The summed E-state index contributed by atoms with van der Waals surface area (Å²) in [5.74, 6) is 0.936. The van der Waals surface area contributed by atoms with E-state index in [1.165, 1.54) is 11.1 Å². The van der Waals surface area contributed by atoms with Crippen molar-refractivity contribution in [3.8, 4) is 5.75 Å². The zero-order valence-electron chi connectivity index (χ0n) is 11.0. The summed E-state index contributed by atoms with van der Waals surface area (Å²) in [6.07, 6.45) is 0.0687. The monoisotopic (exact) mass is 221 g/mol. The van der Waals surface area contributed by atoms with Gasteiger partial charge in [-0.15, -0.1) is 0 Å². The highest BCUT2D eigenvalue weighted by Gasteiger charge is 2.15. The van der Waals surface area contributed by atoms with Crippen molar-refractivity contribution >= 4 is 0 Å². The van der Waals surface area contributed by atoms with E-state index in [4.69, 9.17) is 10.5 Å². The van der Waals surface area contributed by atoms with Crippen LogP contribution in [0.5, 0.6) is 5.75 Å². The highest BCUT2D eigenvalue weighted by molar-refractivity contribution is 5.38. The number of rotatable bonds is 3. The minimum atomic E-state index is 0.0687. The highest BCUT2D eigenvalue weighted by Crippen LogP contribution is 2.27. The molecule has 0 saturated carbocycles. The largest absolute Gasteiger partial charge is 0.489 e. The van der Waals surface area contributed by atoms with Gasteiger partial charge < -0.3 is 10.5 Å². The van der Waals surface area contributed by atoms with E-state index in [9.17, 15) is 0 Å². The normalized spacial score (nSPS) is 13.6. The predicted molar refractivity (Wildman–Crippen MR) is 69.0 cm³/mol. The molecule has 1 atom stereocenters. The van der Waals surface area contributed by atoms with Crippen LogP contribution in [-0.2, 0) is 5.41 Å². The molecule has 0 spiro atoms. The van der Waals surface area contributed by atoms with Gasteiger partial charge in [0, 0.05) is 6.54 Å². The van der Waals surface area contributed by atoms with Gasteiger partial charge in [0.1, 0.15) is 11.9 Å². The van der Waals surface area contributed by atoms with Crippen LogP contribution in [0.25, 0.3) is 0 Å². The first-order valence-corrected chi connectivity index (χ1v) is 5.82. The third kappa shape index (κ3) is 3.24. The molecule has 16 heavy (non-hydrogen) atoms. The maximum absolute atomic E-state index is 5.74. The molecule has 2 nitrogen and oxygen atoms in total. The van der Waals surface area contributed by atoms with Gasteiger partial charge in [0.05, 0.1) is 0 Å². The van der Waals surface area contributed by atoms with Crippen molar-refractivity contribution < 1.29 is 4.74 Å². The second kappa shape index (κ2) is 4.88. The standard InChI is InChI=1S/C14H23NO/c1-10-8-12(14(3,4)5)6-7-13(10)16-11(2)9-15/h6-8,11H,9,15H2,1-5H3. The molecule has 2 heteroatoms. The van der Waals surface area contributed by atoms with Gasteiger partial charge in [-0.2, -0.15) is 0 Å². The van der Waals surface area contributed by atoms with Crippen molar-refractivity contribution in [1.82, 2.24) is 0 Å². The van der Waals surface area contributed by atoms with Crippen LogP contribution in [0, 0.1) is 6.92 Å². The number of hydrogen-bond donors (Lipinski definition) is 1. The average molecular weight is 221 g/mol. The third-order valence-corrected chi connectivity index (χ3v) is 2.70. The van der Waals surface area contributed by atoms with E-state index in [0.29, 0.717) is 6.54 Å². The molecule has 2 N–H and O–H groups in total. The molecule has 0 aliphatic heterocycles. The van der Waals surface area contributed by atoms with Gasteiger partial charge in [0.25, 0.3) is 0 Å². The Morgan fingerprint density at radius 1 is 1.31 bits per heavy atom. The average Bonchev–Trinajstić information content (AvgIpc) is 2.19. The van der Waals surface area contributed by atoms with Crippen LogP contribution in [0.15, 0.2) is 18.2 Å². The minimum Gasteiger partial charge on any atom is -0.489 e. The maximum atomic E-state index is 5.74. The molecule has 0 aliphatic carbocycles. The van der Waals surface area contributed by atoms with Crippen molar-refractivity contribution in [3.63, 3.8) is 0 Å². The molecule has 0 radical (unpaired) electrons. The summed E-state index contributed by atoms with van der Waals surface area (Å²) in [5.41, 5.74) is 8.23. The van der Waals surface area contributed by atoms with Crippen LogP contribution in [0.2, 0.25) is 0 Å². The van der Waals surface area contributed by atoms with E-state index >= 15 is 0 Å². The van der Waals surface area contributed by atoms with Crippen LogP contribution < -0.4 is 10.5 Å². The van der Waals surface area contributed by atoms with Crippen molar-refractivity contribution in [3.05, 3.63) is 29.3 Å². The number of benzene rings is 1. The lowest BCUT2D eigenvalue weighted by Crippen LogP contribution is -2.23. The predicted octanol–water partition coefficient (Wildman–Crippen LogP) is 3.02. The Labute approximate surface area is 98.8 Å². The summed E-state index contributed by atoms with van der Waals surface area (Å²) in [6.45, 7) is 11.2. The van der Waals surface area contributed by atoms with E-state index in [2.05, 4.69) is 39.8 Å². The Kier molecular flexibility index (Phi) is 3.98. The first kappa shape index (κ1) is 13.0. The molecule has 1 aromatic carbocycles. The number of nitrogens with two attached hydrogens (primary N) is 1. The first-order valence-electron chi connectivity index (χ1n) is 5.82. The fourth-order valence-corrected chi connectivity index (χ4v) is 1.51. The van der Waals surface area contributed by atoms with Gasteiger partial charge in [0.2, 0.25) is 0 Å². The van der Waals surface area contributed by atoms with Gasteiger partial charge in [0.15, 0.2) is 0 Å². The van der Waals surface area contributed by atoms with Gasteiger partial charge in [-0.05, 0) is 36.5 Å². The summed E-state index contributed by atoms with van der Waals surface area (Å²) in [5, 5.41) is 0. The molecule has 0 bridgehead atoms. The fourth-order valence-electron chi connectivity index (χ4n) is 1.51. The fraction of sp³-hybridized carbons (Fsp3) is 0.571. The van der Waals surface area contributed by atoms with Gasteiger partial charge in [-0.3, -0.25) is 0 Å². The SMILES string of the molecule is Cc1cc(C(C)(C)C)ccc1OC(C)CN. The van der Waals surface area contributed by atoms with Crippen LogP contribution >= 0.6 is 0 Å². The van der Waals surface area contributed by atoms with E-state index in [1.807, 2.05) is 13.0 Å². The lowest BCUT2D eigenvalue weighted by Gasteiger charge is -2.21. The summed E-state index contributed by atoms with van der Waals surface area (Å²) >= 11 is 0. The molecule has 0 aromatic heterocycles. The number of ether oxygens (including phenoxy) is 1. The Bertz CT molecular complexity index is 352. The van der Waals surface area contributed by atoms with E-state index < -0.39 is 0 Å². The summed E-state index contributed by atoms with van der Waals surface area (Å²) in [4.78, 5) is 0. The molecule has 0 aliphatic rings. The maximum Gasteiger partial charge on any atom is 0.122 e. The van der Waals surface area contributed by atoms with Gasteiger partial charge in [-0.25, -0.2) is 0 Å². The lowest BCUT2D eigenvalue weighted by molar-refractivity contribution is 0.228. The molecule has 0 heterocycles. The molecule has 1 unspecified atom stereocenters. The second-order valence-corrected chi connectivity index (χ2v) is 5.39. The quantitative estimate of drug-likeness (QED) is 0.851. The van der Waals surface area contributed by atoms with E-state index in [-0.39, 0.29) is 11.5 Å². The molecular formula is C14H23NO. The van der Waals surface area contributed by atoms with Crippen molar-refractivity contribution in [2.24, 2.45) is 5.73 Å². The summed E-state index contributed by atoms with van der Waals surface area (Å²) in [6, 6.07) is 6.37. The number of aryl methyl sites for hydroxylation is 1. The van der Waals surface area contributed by atoms with Crippen molar-refractivity contribution in [1.29, 1.82) is 0 Å². The topological polar surface area (TPSA) is 35.2 Å². The van der Waals surface area contributed by atoms with Crippen LogP contribution in [-0.4, -0.2) is 12.6 Å². The van der Waals surface area contributed by atoms with E-state index in [1.54, 1.807) is 0 Å². The lowest BCUT2D eigenvalue weighted by atomic mass is 9.86. The molecule has 0 fully saturated rings. The third-order valence-electron chi connectivity index (χ3n) is 2.70. The smallest absolute Gasteiger partial charge is 0.122 e. The summed E-state index contributed by atoms with van der Waals surface area (Å²) in [7, 11) is 0. The van der Waals surface area contributed by atoms with Crippen molar-refractivity contribution in [2.45, 2.75) is 46.1 Å².